The number of benzene rings is 1. The molecule has 0 spiro atoms. The molecular weight excluding hydrogens is 314 g/mol. The van der Waals surface area contributed by atoms with Crippen LogP contribution in [0.3, 0.4) is 0 Å². The number of aromatic nitrogens is 2. The molecule has 20 heavy (non-hydrogen) atoms. The molecule has 1 unspecified atom stereocenters. The molecule has 0 radical (unpaired) electrons. The lowest BCUT2D eigenvalue weighted by molar-refractivity contribution is 0.750. The van der Waals surface area contributed by atoms with E-state index in [2.05, 4.69) is 76.3 Å². The van der Waals surface area contributed by atoms with Crippen molar-refractivity contribution in [3.63, 3.8) is 0 Å². The summed E-state index contributed by atoms with van der Waals surface area (Å²) in [5.41, 5.74) is 1.32. The van der Waals surface area contributed by atoms with Gasteiger partial charge in [0.1, 0.15) is 16.2 Å². The SMILES string of the molecule is CC(Cc1ccccc1)Nc1cc(Br)nc(C(C)C)n1. The summed E-state index contributed by atoms with van der Waals surface area (Å²) in [6.45, 7) is 6.36. The molecule has 3 nitrogen and oxygen atoms in total. The Morgan fingerprint density at radius 2 is 1.80 bits per heavy atom. The van der Waals surface area contributed by atoms with Crippen molar-refractivity contribution in [2.24, 2.45) is 0 Å². The lowest BCUT2D eigenvalue weighted by Gasteiger charge is -2.16. The zero-order chi connectivity index (χ0) is 14.5. The Kier molecular flexibility index (Phi) is 5.12. The van der Waals surface area contributed by atoms with Crippen molar-refractivity contribution < 1.29 is 0 Å². The molecule has 0 saturated heterocycles. The Morgan fingerprint density at radius 3 is 2.45 bits per heavy atom. The van der Waals surface area contributed by atoms with Crippen molar-refractivity contribution in [2.45, 2.75) is 39.2 Å². The van der Waals surface area contributed by atoms with E-state index in [9.17, 15) is 0 Å². The van der Waals surface area contributed by atoms with Crippen LogP contribution in [0.4, 0.5) is 5.82 Å². The van der Waals surface area contributed by atoms with Crippen LogP contribution in [0.15, 0.2) is 41.0 Å². The van der Waals surface area contributed by atoms with Gasteiger partial charge >= 0.3 is 0 Å². The van der Waals surface area contributed by atoms with E-state index < -0.39 is 0 Å². The molecule has 0 aliphatic heterocycles. The second-order valence-corrected chi connectivity index (χ2v) is 6.14. The molecule has 0 aliphatic rings. The first kappa shape index (κ1) is 15.0. The van der Waals surface area contributed by atoms with E-state index in [1.165, 1.54) is 5.56 Å². The molecule has 0 fully saturated rings. The maximum atomic E-state index is 4.56. The third-order valence-electron chi connectivity index (χ3n) is 3.01. The minimum atomic E-state index is 0.317. The number of rotatable bonds is 5. The lowest BCUT2D eigenvalue weighted by Crippen LogP contribution is -2.19. The highest BCUT2D eigenvalue weighted by Gasteiger charge is 2.09. The molecule has 2 rings (SSSR count). The minimum absolute atomic E-state index is 0.317. The van der Waals surface area contributed by atoms with Gasteiger partial charge in [-0.1, -0.05) is 44.2 Å². The van der Waals surface area contributed by atoms with Crippen LogP contribution >= 0.6 is 15.9 Å². The molecular formula is C16H20BrN3. The number of nitrogens with zero attached hydrogens (tertiary/aromatic N) is 2. The molecule has 1 aromatic carbocycles. The fraction of sp³-hybridized carbons (Fsp3) is 0.375. The Labute approximate surface area is 129 Å². The fourth-order valence-electron chi connectivity index (χ4n) is 2.04. The van der Waals surface area contributed by atoms with Gasteiger partial charge in [0.15, 0.2) is 0 Å². The number of halogens is 1. The van der Waals surface area contributed by atoms with Crippen molar-refractivity contribution in [3.8, 4) is 0 Å². The first-order valence-electron chi connectivity index (χ1n) is 6.89. The maximum Gasteiger partial charge on any atom is 0.134 e. The summed E-state index contributed by atoms with van der Waals surface area (Å²) in [6.07, 6.45) is 0.972. The minimum Gasteiger partial charge on any atom is -0.367 e. The van der Waals surface area contributed by atoms with Crippen LogP contribution in [0, 0.1) is 0 Å². The Morgan fingerprint density at radius 1 is 1.10 bits per heavy atom. The van der Waals surface area contributed by atoms with Crippen LogP contribution in [0.2, 0.25) is 0 Å². The second kappa shape index (κ2) is 6.84. The highest BCUT2D eigenvalue weighted by molar-refractivity contribution is 9.10. The predicted molar refractivity (Wildman–Crippen MR) is 87.1 cm³/mol. The first-order valence-corrected chi connectivity index (χ1v) is 7.69. The second-order valence-electron chi connectivity index (χ2n) is 5.32. The van der Waals surface area contributed by atoms with Crippen LogP contribution in [0.5, 0.6) is 0 Å². The third kappa shape index (κ3) is 4.30. The number of nitrogens with one attached hydrogen (secondary N) is 1. The fourth-order valence-corrected chi connectivity index (χ4v) is 2.44. The van der Waals surface area contributed by atoms with E-state index in [0.29, 0.717) is 12.0 Å². The van der Waals surface area contributed by atoms with Crippen LogP contribution < -0.4 is 5.32 Å². The summed E-state index contributed by atoms with van der Waals surface area (Å²) in [5.74, 6) is 2.05. The molecule has 0 aliphatic carbocycles. The normalized spacial score (nSPS) is 12.4. The van der Waals surface area contributed by atoms with Gasteiger partial charge in [-0.15, -0.1) is 0 Å². The Hall–Kier alpha value is -1.42. The van der Waals surface area contributed by atoms with E-state index in [-0.39, 0.29) is 0 Å². The van der Waals surface area contributed by atoms with Crippen LogP contribution in [-0.4, -0.2) is 16.0 Å². The topological polar surface area (TPSA) is 37.8 Å². The highest BCUT2D eigenvalue weighted by Crippen LogP contribution is 2.18. The number of hydrogen-bond donors (Lipinski definition) is 1. The van der Waals surface area contributed by atoms with E-state index in [1.54, 1.807) is 0 Å². The molecule has 0 bridgehead atoms. The van der Waals surface area contributed by atoms with Crippen molar-refractivity contribution in [3.05, 3.63) is 52.4 Å². The molecule has 4 heteroatoms. The molecule has 1 N–H and O–H groups in total. The van der Waals surface area contributed by atoms with Gasteiger partial charge in [-0.3, -0.25) is 0 Å². The van der Waals surface area contributed by atoms with Crippen molar-refractivity contribution in [1.82, 2.24) is 9.97 Å². The molecule has 0 saturated carbocycles. The standard InChI is InChI=1S/C16H20BrN3/c1-11(2)16-19-14(17)10-15(20-16)18-12(3)9-13-7-5-4-6-8-13/h4-8,10-12H,9H2,1-3H3,(H,18,19,20). The van der Waals surface area contributed by atoms with E-state index in [0.717, 1.165) is 22.7 Å². The van der Waals surface area contributed by atoms with Crippen molar-refractivity contribution in [1.29, 1.82) is 0 Å². The Bertz CT molecular complexity index is 555. The summed E-state index contributed by atoms with van der Waals surface area (Å²) in [6, 6.07) is 12.7. The number of anilines is 1. The molecule has 106 valence electrons. The van der Waals surface area contributed by atoms with Gasteiger partial charge in [0.2, 0.25) is 0 Å². The van der Waals surface area contributed by atoms with Crippen LogP contribution in [0.25, 0.3) is 0 Å². The quantitative estimate of drug-likeness (QED) is 0.823. The van der Waals surface area contributed by atoms with Crippen LogP contribution in [0.1, 0.15) is 38.1 Å². The Balaban J connectivity index is 2.06. The average Bonchev–Trinajstić information content (AvgIpc) is 2.38. The predicted octanol–water partition coefficient (Wildman–Crippen LogP) is 4.41. The largest absolute Gasteiger partial charge is 0.367 e. The van der Waals surface area contributed by atoms with E-state index in [4.69, 9.17) is 0 Å². The van der Waals surface area contributed by atoms with Gasteiger partial charge in [-0.25, -0.2) is 9.97 Å². The molecule has 2 aromatic rings. The molecule has 1 atom stereocenters. The van der Waals surface area contributed by atoms with Crippen molar-refractivity contribution >= 4 is 21.7 Å². The van der Waals surface area contributed by atoms with Gasteiger partial charge in [-0.2, -0.15) is 0 Å². The summed E-state index contributed by atoms with van der Waals surface area (Å²) in [5, 5.41) is 3.45. The molecule has 0 amide bonds. The van der Waals surface area contributed by atoms with Gasteiger partial charge < -0.3 is 5.32 Å². The third-order valence-corrected chi connectivity index (χ3v) is 3.41. The number of hydrogen-bond acceptors (Lipinski definition) is 3. The smallest absolute Gasteiger partial charge is 0.134 e. The summed E-state index contributed by atoms with van der Waals surface area (Å²) in [4.78, 5) is 8.95. The molecule has 1 heterocycles. The van der Waals surface area contributed by atoms with Gasteiger partial charge in [0, 0.05) is 18.0 Å². The maximum absolute atomic E-state index is 4.56. The zero-order valence-electron chi connectivity index (χ0n) is 12.1. The van der Waals surface area contributed by atoms with Crippen LogP contribution in [-0.2, 0) is 6.42 Å². The van der Waals surface area contributed by atoms with Crippen molar-refractivity contribution in [2.75, 3.05) is 5.32 Å². The zero-order valence-corrected chi connectivity index (χ0v) is 13.7. The summed E-state index contributed by atoms with van der Waals surface area (Å²) in [7, 11) is 0. The summed E-state index contributed by atoms with van der Waals surface area (Å²) < 4.78 is 0.825. The van der Waals surface area contributed by atoms with Gasteiger partial charge in [0.05, 0.1) is 0 Å². The average molecular weight is 334 g/mol. The molecule has 1 aromatic heterocycles. The monoisotopic (exact) mass is 333 g/mol. The highest BCUT2D eigenvalue weighted by atomic mass is 79.9. The van der Waals surface area contributed by atoms with E-state index in [1.807, 2.05) is 12.1 Å². The van der Waals surface area contributed by atoms with Gasteiger partial charge in [-0.05, 0) is 34.8 Å². The van der Waals surface area contributed by atoms with Gasteiger partial charge in [0.25, 0.3) is 0 Å². The lowest BCUT2D eigenvalue weighted by atomic mass is 10.1. The van der Waals surface area contributed by atoms with E-state index >= 15 is 0 Å². The first-order chi connectivity index (χ1) is 9.54. The summed E-state index contributed by atoms with van der Waals surface area (Å²) >= 11 is 3.45.